The molecule has 1 aromatic rings. The first-order chi connectivity index (χ1) is 10.8. The first-order valence-corrected chi connectivity index (χ1v) is 8.41. The summed E-state index contributed by atoms with van der Waals surface area (Å²) in [6, 6.07) is 8.07. The predicted octanol–water partition coefficient (Wildman–Crippen LogP) is 3.56. The molecule has 4 nitrogen and oxygen atoms in total. The van der Waals surface area contributed by atoms with Crippen LogP contribution in [0.15, 0.2) is 29.3 Å². The number of ether oxygens (including phenoxy) is 1. The summed E-state index contributed by atoms with van der Waals surface area (Å²) in [4.78, 5) is 4.72. The second-order valence-corrected chi connectivity index (χ2v) is 6.50. The predicted molar refractivity (Wildman–Crippen MR) is 106 cm³/mol. The Morgan fingerprint density at radius 3 is 2.61 bits per heavy atom. The molecule has 0 saturated heterocycles. The number of nitrogens with one attached hydrogen (secondary N) is 2. The molecule has 2 aliphatic carbocycles. The van der Waals surface area contributed by atoms with Crippen LogP contribution in [0.4, 0.5) is 0 Å². The zero-order valence-corrected chi connectivity index (χ0v) is 16.4. The third-order valence-corrected chi connectivity index (χ3v) is 4.89. The van der Waals surface area contributed by atoms with Crippen LogP contribution in [-0.4, -0.2) is 26.2 Å². The Balaban J connectivity index is 0.00000192. The van der Waals surface area contributed by atoms with Gasteiger partial charge < -0.3 is 15.4 Å². The lowest BCUT2D eigenvalue weighted by Crippen LogP contribution is -2.40. The van der Waals surface area contributed by atoms with Crippen molar-refractivity contribution in [3.8, 4) is 5.75 Å². The third kappa shape index (κ3) is 4.75. The first kappa shape index (κ1) is 18.4. The number of nitrogens with zero attached hydrogens (tertiary/aromatic N) is 1. The van der Waals surface area contributed by atoms with E-state index >= 15 is 0 Å². The van der Waals surface area contributed by atoms with Crippen LogP contribution in [-0.2, 0) is 6.54 Å². The summed E-state index contributed by atoms with van der Waals surface area (Å²) in [7, 11) is 1.71. The average Bonchev–Trinajstić information content (AvgIpc) is 3.43. The minimum atomic E-state index is 0. The molecule has 128 valence electrons. The molecule has 0 spiro atoms. The van der Waals surface area contributed by atoms with Gasteiger partial charge in [0.25, 0.3) is 0 Å². The maximum Gasteiger partial charge on any atom is 0.191 e. The highest BCUT2D eigenvalue weighted by Gasteiger charge is 2.53. The van der Waals surface area contributed by atoms with Crippen molar-refractivity contribution in [1.29, 1.82) is 0 Å². The van der Waals surface area contributed by atoms with Crippen molar-refractivity contribution >= 4 is 29.9 Å². The lowest BCUT2D eigenvalue weighted by Gasteiger charge is -2.18. The lowest BCUT2D eigenvalue weighted by atomic mass is 10.0. The van der Waals surface area contributed by atoms with Crippen molar-refractivity contribution in [1.82, 2.24) is 10.6 Å². The zero-order chi connectivity index (χ0) is 15.4. The number of halogens is 1. The molecule has 0 atom stereocenters. The van der Waals surface area contributed by atoms with E-state index in [1.807, 2.05) is 18.2 Å². The van der Waals surface area contributed by atoms with Crippen LogP contribution in [0.3, 0.4) is 0 Å². The number of guanidine groups is 1. The van der Waals surface area contributed by atoms with Crippen molar-refractivity contribution in [2.45, 2.75) is 39.2 Å². The Morgan fingerprint density at radius 2 is 2.00 bits per heavy atom. The fourth-order valence-electron chi connectivity index (χ4n) is 3.18. The number of rotatable bonds is 7. The van der Waals surface area contributed by atoms with Crippen molar-refractivity contribution in [3.05, 3.63) is 29.8 Å². The monoisotopic (exact) mass is 429 g/mol. The van der Waals surface area contributed by atoms with Crippen LogP contribution in [0.2, 0.25) is 0 Å². The fourth-order valence-corrected chi connectivity index (χ4v) is 3.18. The van der Waals surface area contributed by atoms with Crippen molar-refractivity contribution in [3.63, 3.8) is 0 Å². The second-order valence-electron chi connectivity index (χ2n) is 6.50. The zero-order valence-electron chi connectivity index (χ0n) is 14.1. The van der Waals surface area contributed by atoms with Crippen molar-refractivity contribution in [2.24, 2.45) is 16.3 Å². The van der Waals surface area contributed by atoms with Gasteiger partial charge in [-0.05, 0) is 50.0 Å². The van der Waals surface area contributed by atoms with Gasteiger partial charge in [-0.1, -0.05) is 18.2 Å². The fraction of sp³-hybridized carbons (Fsp3) is 0.611. The van der Waals surface area contributed by atoms with Gasteiger partial charge in [-0.15, -0.1) is 24.0 Å². The van der Waals surface area contributed by atoms with E-state index in [2.05, 4.69) is 23.6 Å². The van der Waals surface area contributed by atoms with Gasteiger partial charge in [0.2, 0.25) is 0 Å². The van der Waals surface area contributed by atoms with E-state index in [4.69, 9.17) is 9.73 Å². The maximum absolute atomic E-state index is 5.39. The molecular formula is C18H28IN3O. The Bertz CT molecular complexity index is 539. The van der Waals surface area contributed by atoms with Gasteiger partial charge in [-0.3, -0.25) is 0 Å². The number of benzene rings is 1. The minimum absolute atomic E-state index is 0. The molecule has 2 N–H and O–H groups in total. The molecule has 2 saturated carbocycles. The quantitative estimate of drug-likeness (QED) is 0.396. The topological polar surface area (TPSA) is 45.7 Å². The molecule has 0 bridgehead atoms. The van der Waals surface area contributed by atoms with E-state index in [0.29, 0.717) is 12.0 Å². The van der Waals surface area contributed by atoms with Crippen LogP contribution in [0.25, 0.3) is 0 Å². The molecule has 3 rings (SSSR count). The Kier molecular flexibility index (Phi) is 6.56. The van der Waals surface area contributed by atoms with Gasteiger partial charge in [0.05, 0.1) is 13.7 Å². The van der Waals surface area contributed by atoms with E-state index in [0.717, 1.165) is 36.3 Å². The van der Waals surface area contributed by atoms with E-state index in [-0.39, 0.29) is 24.0 Å². The van der Waals surface area contributed by atoms with Crippen LogP contribution in [0.5, 0.6) is 5.75 Å². The largest absolute Gasteiger partial charge is 0.496 e. The highest BCUT2D eigenvalue weighted by Crippen LogP contribution is 2.60. The van der Waals surface area contributed by atoms with Crippen LogP contribution >= 0.6 is 24.0 Å². The number of methoxy groups -OCH3 is 1. The standard InChI is InChI=1S/C18H27N3O.HI/c1-3-19-17(21-13-18(10-11-18)15-8-9-15)20-12-14-6-4-5-7-16(14)22-2;/h4-7,15H,3,8-13H2,1-2H3,(H2,19,20,21);1H. The van der Waals surface area contributed by atoms with Gasteiger partial charge in [-0.25, -0.2) is 4.99 Å². The Hall–Kier alpha value is -0.980. The van der Waals surface area contributed by atoms with E-state index in [1.165, 1.54) is 25.7 Å². The molecule has 0 amide bonds. The van der Waals surface area contributed by atoms with E-state index in [9.17, 15) is 0 Å². The minimum Gasteiger partial charge on any atom is -0.496 e. The number of hydrogen-bond acceptors (Lipinski definition) is 2. The maximum atomic E-state index is 5.39. The summed E-state index contributed by atoms with van der Waals surface area (Å²) in [6.45, 7) is 4.69. The van der Waals surface area contributed by atoms with Gasteiger partial charge in [0.15, 0.2) is 5.96 Å². The lowest BCUT2D eigenvalue weighted by molar-refractivity contribution is 0.409. The van der Waals surface area contributed by atoms with Crippen molar-refractivity contribution < 1.29 is 4.74 Å². The molecule has 23 heavy (non-hydrogen) atoms. The Morgan fingerprint density at radius 1 is 1.26 bits per heavy atom. The van der Waals surface area contributed by atoms with Gasteiger partial charge in [0, 0.05) is 18.7 Å². The number of para-hydroxylation sites is 1. The average molecular weight is 429 g/mol. The van der Waals surface area contributed by atoms with Crippen molar-refractivity contribution in [2.75, 3.05) is 20.2 Å². The van der Waals surface area contributed by atoms with Crippen LogP contribution in [0, 0.1) is 11.3 Å². The molecule has 5 heteroatoms. The molecule has 0 aliphatic heterocycles. The summed E-state index contributed by atoms with van der Waals surface area (Å²) >= 11 is 0. The molecule has 0 unspecified atom stereocenters. The molecular weight excluding hydrogens is 401 g/mol. The summed E-state index contributed by atoms with van der Waals surface area (Å²) in [5.41, 5.74) is 1.70. The smallest absolute Gasteiger partial charge is 0.191 e. The van der Waals surface area contributed by atoms with Crippen LogP contribution in [0.1, 0.15) is 38.2 Å². The van der Waals surface area contributed by atoms with E-state index in [1.54, 1.807) is 7.11 Å². The molecule has 0 aromatic heterocycles. The van der Waals surface area contributed by atoms with E-state index < -0.39 is 0 Å². The van der Waals surface area contributed by atoms with Gasteiger partial charge in [0.1, 0.15) is 5.75 Å². The summed E-state index contributed by atoms with van der Waals surface area (Å²) < 4.78 is 5.39. The van der Waals surface area contributed by atoms with Crippen LogP contribution < -0.4 is 15.4 Å². The number of hydrogen-bond donors (Lipinski definition) is 2. The second kappa shape index (κ2) is 8.22. The summed E-state index contributed by atoms with van der Waals surface area (Å²) in [5, 5.41) is 6.90. The molecule has 2 aliphatic rings. The molecule has 0 radical (unpaired) electrons. The highest BCUT2D eigenvalue weighted by atomic mass is 127. The highest BCUT2D eigenvalue weighted by molar-refractivity contribution is 14.0. The molecule has 2 fully saturated rings. The van der Waals surface area contributed by atoms with Gasteiger partial charge >= 0.3 is 0 Å². The first-order valence-electron chi connectivity index (χ1n) is 8.41. The molecule has 1 aromatic carbocycles. The van der Waals surface area contributed by atoms with Gasteiger partial charge in [-0.2, -0.15) is 0 Å². The third-order valence-electron chi connectivity index (χ3n) is 4.89. The normalized spacial score (nSPS) is 18.8. The summed E-state index contributed by atoms with van der Waals surface area (Å²) in [5.74, 6) is 2.79. The SMILES string of the molecule is CCNC(=NCc1ccccc1OC)NCC1(C2CC2)CC1.I. The molecule has 0 heterocycles. The Labute approximate surface area is 156 Å². The number of aliphatic imine (C=N–C) groups is 1. The summed E-state index contributed by atoms with van der Waals surface area (Å²) in [6.07, 6.45) is 5.63.